The molecule has 2 aromatic rings. The standard InChI is InChI=1S/C18H25N5O/c1-14(2)6-12-20-18(24)16-4-5-17(22-21-16)23(3)13-9-15-7-10-19-11-8-15/h4-5,7-8,10-11,14H,6,9,12-13H2,1-3H3,(H,20,24). The Morgan fingerprint density at radius 1 is 1.17 bits per heavy atom. The Kier molecular flexibility index (Phi) is 6.66. The van der Waals surface area contributed by atoms with Crippen molar-refractivity contribution in [3.8, 4) is 0 Å². The minimum absolute atomic E-state index is 0.172. The van der Waals surface area contributed by atoms with Crippen LogP contribution in [0.1, 0.15) is 36.3 Å². The van der Waals surface area contributed by atoms with Gasteiger partial charge >= 0.3 is 0 Å². The van der Waals surface area contributed by atoms with Crippen LogP contribution >= 0.6 is 0 Å². The molecule has 2 heterocycles. The fraction of sp³-hybridized carbons (Fsp3) is 0.444. The highest BCUT2D eigenvalue weighted by Gasteiger charge is 2.09. The molecule has 0 unspecified atom stereocenters. The van der Waals surface area contributed by atoms with Crippen LogP contribution < -0.4 is 10.2 Å². The SMILES string of the molecule is CC(C)CCNC(=O)c1ccc(N(C)CCc2ccncc2)nn1. The summed E-state index contributed by atoms with van der Waals surface area (Å²) < 4.78 is 0. The van der Waals surface area contributed by atoms with Gasteiger partial charge in [0, 0.05) is 32.5 Å². The maximum Gasteiger partial charge on any atom is 0.271 e. The summed E-state index contributed by atoms with van der Waals surface area (Å²) in [5, 5.41) is 11.1. The lowest BCUT2D eigenvalue weighted by Gasteiger charge is -2.17. The number of nitrogens with one attached hydrogen (secondary N) is 1. The van der Waals surface area contributed by atoms with Crippen molar-refractivity contribution < 1.29 is 4.79 Å². The first-order valence-corrected chi connectivity index (χ1v) is 8.28. The molecule has 24 heavy (non-hydrogen) atoms. The summed E-state index contributed by atoms with van der Waals surface area (Å²) in [6.45, 7) is 5.73. The molecule has 0 fully saturated rings. The maximum absolute atomic E-state index is 12.0. The number of rotatable bonds is 8. The number of pyridine rings is 1. The van der Waals surface area contributed by atoms with E-state index in [4.69, 9.17) is 0 Å². The average molecular weight is 327 g/mol. The number of hydrogen-bond donors (Lipinski definition) is 1. The Bertz CT molecular complexity index is 628. The minimum Gasteiger partial charge on any atom is -0.358 e. The average Bonchev–Trinajstić information content (AvgIpc) is 2.60. The fourth-order valence-corrected chi connectivity index (χ4v) is 2.18. The summed E-state index contributed by atoms with van der Waals surface area (Å²) in [4.78, 5) is 18.0. The molecule has 0 bridgehead atoms. The number of likely N-dealkylation sites (N-methyl/N-ethyl adjacent to an activating group) is 1. The molecule has 0 radical (unpaired) electrons. The van der Waals surface area contributed by atoms with Crippen molar-refractivity contribution in [3.63, 3.8) is 0 Å². The number of anilines is 1. The quantitative estimate of drug-likeness (QED) is 0.806. The molecule has 6 heteroatoms. The second-order valence-electron chi connectivity index (χ2n) is 6.24. The van der Waals surface area contributed by atoms with Gasteiger partial charge in [0.1, 0.15) is 0 Å². The zero-order chi connectivity index (χ0) is 17.4. The Morgan fingerprint density at radius 3 is 2.54 bits per heavy atom. The van der Waals surface area contributed by atoms with Gasteiger partial charge in [-0.3, -0.25) is 9.78 Å². The molecule has 0 spiro atoms. The summed E-state index contributed by atoms with van der Waals surface area (Å²) in [7, 11) is 1.97. The Balaban J connectivity index is 1.85. The van der Waals surface area contributed by atoms with Gasteiger partial charge in [-0.1, -0.05) is 13.8 Å². The highest BCUT2D eigenvalue weighted by Crippen LogP contribution is 2.09. The van der Waals surface area contributed by atoms with Crippen molar-refractivity contribution in [2.45, 2.75) is 26.7 Å². The summed E-state index contributed by atoms with van der Waals surface area (Å²) in [6, 6.07) is 7.56. The first-order valence-electron chi connectivity index (χ1n) is 8.28. The van der Waals surface area contributed by atoms with Crippen LogP contribution in [0, 0.1) is 5.92 Å². The molecule has 0 aromatic carbocycles. The number of hydrogen-bond acceptors (Lipinski definition) is 5. The largest absolute Gasteiger partial charge is 0.358 e. The monoisotopic (exact) mass is 327 g/mol. The van der Waals surface area contributed by atoms with E-state index in [2.05, 4.69) is 34.3 Å². The third kappa shape index (κ3) is 5.61. The zero-order valence-electron chi connectivity index (χ0n) is 14.6. The number of carbonyl (C=O) groups is 1. The molecule has 0 atom stereocenters. The van der Waals surface area contributed by atoms with Crippen LogP contribution in [0.5, 0.6) is 0 Å². The summed E-state index contributed by atoms with van der Waals surface area (Å²) >= 11 is 0. The second-order valence-corrected chi connectivity index (χ2v) is 6.24. The zero-order valence-corrected chi connectivity index (χ0v) is 14.6. The summed E-state index contributed by atoms with van der Waals surface area (Å²) in [6.07, 6.45) is 5.44. The van der Waals surface area contributed by atoms with E-state index in [0.717, 1.165) is 25.2 Å². The van der Waals surface area contributed by atoms with E-state index in [1.165, 1.54) is 5.56 Å². The third-order valence-corrected chi connectivity index (χ3v) is 3.77. The second kappa shape index (κ2) is 8.96. The lowest BCUT2D eigenvalue weighted by atomic mass is 10.1. The third-order valence-electron chi connectivity index (χ3n) is 3.77. The van der Waals surface area contributed by atoms with Gasteiger partial charge in [0.15, 0.2) is 11.5 Å². The van der Waals surface area contributed by atoms with Gasteiger partial charge < -0.3 is 10.2 Å². The molecule has 128 valence electrons. The van der Waals surface area contributed by atoms with Crippen LogP contribution in [0.4, 0.5) is 5.82 Å². The van der Waals surface area contributed by atoms with Gasteiger partial charge in [-0.25, -0.2) is 0 Å². The molecule has 1 N–H and O–H groups in total. The van der Waals surface area contributed by atoms with Gasteiger partial charge in [0.05, 0.1) is 0 Å². The van der Waals surface area contributed by atoms with Crippen molar-refractivity contribution in [1.82, 2.24) is 20.5 Å². The molecule has 0 saturated carbocycles. The molecular weight excluding hydrogens is 302 g/mol. The number of aromatic nitrogens is 3. The van der Waals surface area contributed by atoms with E-state index in [9.17, 15) is 4.79 Å². The van der Waals surface area contributed by atoms with Crippen molar-refractivity contribution in [2.24, 2.45) is 5.92 Å². The first-order chi connectivity index (χ1) is 11.6. The van der Waals surface area contributed by atoms with Gasteiger partial charge in [0.2, 0.25) is 0 Å². The smallest absolute Gasteiger partial charge is 0.271 e. The molecule has 1 amide bonds. The molecule has 2 aromatic heterocycles. The Morgan fingerprint density at radius 2 is 1.92 bits per heavy atom. The number of nitrogens with zero attached hydrogens (tertiary/aromatic N) is 4. The topological polar surface area (TPSA) is 71.0 Å². The predicted octanol–water partition coefficient (Wildman–Crippen LogP) is 2.33. The van der Waals surface area contributed by atoms with Gasteiger partial charge in [-0.15, -0.1) is 10.2 Å². The van der Waals surface area contributed by atoms with Crippen LogP contribution in [-0.2, 0) is 6.42 Å². The highest BCUT2D eigenvalue weighted by molar-refractivity contribution is 5.92. The van der Waals surface area contributed by atoms with E-state index in [0.29, 0.717) is 18.2 Å². The minimum atomic E-state index is -0.172. The molecule has 2 rings (SSSR count). The molecule has 6 nitrogen and oxygen atoms in total. The lowest BCUT2D eigenvalue weighted by molar-refractivity contribution is 0.0946. The van der Waals surface area contributed by atoms with Crippen molar-refractivity contribution in [2.75, 3.05) is 25.0 Å². The highest BCUT2D eigenvalue weighted by atomic mass is 16.1. The summed E-state index contributed by atoms with van der Waals surface area (Å²) in [5.74, 6) is 1.14. The van der Waals surface area contributed by atoms with Crippen LogP contribution in [-0.4, -0.2) is 41.2 Å². The first kappa shape index (κ1) is 17.8. The van der Waals surface area contributed by atoms with E-state index in [1.54, 1.807) is 18.5 Å². The fourth-order valence-electron chi connectivity index (χ4n) is 2.18. The lowest BCUT2D eigenvalue weighted by Crippen LogP contribution is -2.27. The van der Waals surface area contributed by atoms with E-state index in [1.807, 2.05) is 30.1 Å². The molecule has 0 aliphatic rings. The molecule has 0 aliphatic carbocycles. The van der Waals surface area contributed by atoms with Crippen LogP contribution in [0.2, 0.25) is 0 Å². The number of carbonyl (C=O) groups excluding carboxylic acids is 1. The predicted molar refractivity (Wildman–Crippen MR) is 95.0 cm³/mol. The van der Waals surface area contributed by atoms with Gasteiger partial charge in [-0.2, -0.15) is 0 Å². The van der Waals surface area contributed by atoms with Gasteiger partial charge in [0.25, 0.3) is 5.91 Å². The van der Waals surface area contributed by atoms with Gasteiger partial charge in [-0.05, 0) is 48.6 Å². The van der Waals surface area contributed by atoms with Crippen LogP contribution in [0.15, 0.2) is 36.7 Å². The molecule has 0 aliphatic heterocycles. The normalized spacial score (nSPS) is 10.7. The molecule has 0 saturated heterocycles. The van der Waals surface area contributed by atoms with Crippen molar-refractivity contribution >= 4 is 11.7 Å². The Hall–Kier alpha value is -2.50. The van der Waals surface area contributed by atoms with Crippen molar-refractivity contribution in [1.29, 1.82) is 0 Å². The van der Waals surface area contributed by atoms with E-state index < -0.39 is 0 Å². The van der Waals surface area contributed by atoms with E-state index in [-0.39, 0.29) is 5.91 Å². The number of amides is 1. The van der Waals surface area contributed by atoms with Crippen LogP contribution in [0.3, 0.4) is 0 Å². The maximum atomic E-state index is 12.0. The molecular formula is C18H25N5O. The Labute approximate surface area is 143 Å². The summed E-state index contributed by atoms with van der Waals surface area (Å²) in [5.41, 5.74) is 1.58. The van der Waals surface area contributed by atoms with Crippen LogP contribution in [0.25, 0.3) is 0 Å². The van der Waals surface area contributed by atoms with E-state index >= 15 is 0 Å². The van der Waals surface area contributed by atoms with Crippen molar-refractivity contribution in [3.05, 3.63) is 47.9 Å².